The monoisotopic (exact) mass is 266 g/mol. The molecule has 0 aliphatic carbocycles. The minimum Gasteiger partial charge on any atom is -0.270 e. The Bertz CT molecular complexity index is 378. The number of hydrogen-bond acceptors (Lipinski definition) is 3. The smallest absolute Gasteiger partial charge is 0.270 e. The van der Waals surface area contributed by atoms with E-state index in [1.54, 1.807) is 6.07 Å². The fourth-order valence-corrected chi connectivity index (χ4v) is 1.69. The minimum atomic E-state index is -1.20. The van der Waals surface area contributed by atoms with Crippen molar-refractivity contribution < 1.29 is 9.59 Å². The maximum atomic E-state index is 11.4. The predicted octanol–water partition coefficient (Wildman–Crippen LogP) is 1.62. The molecular formula is C8H8Cl2N2O2S. The number of aryl methyl sites for hydroxylation is 1. The molecule has 1 heterocycles. The average molecular weight is 267 g/mol. The summed E-state index contributed by atoms with van der Waals surface area (Å²) in [6.45, 7) is 1.87. The van der Waals surface area contributed by atoms with Crippen LogP contribution >= 0.6 is 34.5 Å². The number of hydrazine groups is 1. The van der Waals surface area contributed by atoms with Gasteiger partial charge < -0.3 is 0 Å². The van der Waals surface area contributed by atoms with E-state index in [4.69, 9.17) is 23.2 Å². The Morgan fingerprint density at radius 2 is 2.07 bits per heavy atom. The van der Waals surface area contributed by atoms with Crippen LogP contribution in [0.5, 0.6) is 0 Å². The van der Waals surface area contributed by atoms with E-state index in [9.17, 15) is 9.59 Å². The van der Waals surface area contributed by atoms with Crippen molar-refractivity contribution in [3.05, 3.63) is 21.9 Å². The third kappa shape index (κ3) is 3.70. The van der Waals surface area contributed by atoms with Gasteiger partial charge in [0.2, 0.25) is 0 Å². The zero-order chi connectivity index (χ0) is 11.4. The first-order chi connectivity index (χ1) is 7.00. The van der Waals surface area contributed by atoms with Crippen molar-refractivity contribution in [1.82, 2.24) is 10.9 Å². The van der Waals surface area contributed by atoms with Gasteiger partial charge in [0.1, 0.15) is 0 Å². The van der Waals surface area contributed by atoms with Crippen LogP contribution in [-0.4, -0.2) is 16.7 Å². The van der Waals surface area contributed by atoms with Crippen molar-refractivity contribution in [3.8, 4) is 0 Å². The van der Waals surface area contributed by atoms with Crippen molar-refractivity contribution in [1.29, 1.82) is 0 Å². The van der Waals surface area contributed by atoms with E-state index >= 15 is 0 Å². The number of carbonyl (C=O) groups is 2. The predicted molar refractivity (Wildman–Crippen MR) is 60.2 cm³/mol. The molecule has 7 heteroatoms. The lowest BCUT2D eigenvalue weighted by atomic mass is 10.3. The molecule has 2 N–H and O–H groups in total. The Morgan fingerprint density at radius 3 is 2.53 bits per heavy atom. The quantitative estimate of drug-likeness (QED) is 0.632. The Hall–Kier alpha value is -0.780. The van der Waals surface area contributed by atoms with Crippen LogP contribution in [0.25, 0.3) is 0 Å². The first-order valence-corrected chi connectivity index (χ1v) is 5.69. The molecule has 0 saturated heterocycles. The van der Waals surface area contributed by atoms with Gasteiger partial charge in [-0.1, -0.05) is 23.2 Å². The molecule has 0 fully saturated rings. The summed E-state index contributed by atoms with van der Waals surface area (Å²) in [6.07, 6.45) is 0. The molecular weight excluding hydrogens is 259 g/mol. The number of hydrogen-bond donors (Lipinski definition) is 2. The van der Waals surface area contributed by atoms with Crippen LogP contribution in [0.15, 0.2) is 11.4 Å². The van der Waals surface area contributed by atoms with Crippen LogP contribution in [-0.2, 0) is 4.79 Å². The Morgan fingerprint density at radius 1 is 1.40 bits per heavy atom. The van der Waals surface area contributed by atoms with Crippen molar-refractivity contribution in [2.75, 3.05) is 0 Å². The van der Waals surface area contributed by atoms with E-state index in [1.165, 1.54) is 11.3 Å². The molecule has 0 radical (unpaired) electrons. The van der Waals surface area contributed by atoms with Crippen LogP contribution in [0, 0.1) is 6.92 Å². The van der Waals surface area contributed by atoms with Gasteiger partial charge in [-0.2, -0.15) is 0 Å². The summed E-state index contributed by atoms with van der Waals surface area (Å²) >= 11 is 11.8. The van der Waals surface area contributed by atoms with Crippen LogP contribution in [0.1, 0.15) is 15.2 Å². The zero-order valence-electron chi connectivity index (χ0n) is 7.71. The fraction of sp³-hybridized carbons (Fsp3) is 0.250. The molecule has 0 aliphatic heterocycles. The molecule has 0 aliphatic rings. The van der Waals surface area contributed by atoms with Gasteiger partial charge in [0.15, 0.2) is 4.84 Å². The average Bonchev–Trinajstić information content (AvgIpc) is 2.60. The van der Waals surface area contributed by atoms with Crippen molar-refractivity contribution in [2.45, 2.75) is 11.8 Å². The molecule has 1 aromatic heterocycles. The van der Waals surface area contributed by atoms with Crippen molar-refractivity contribution in [3.63, 3.8) is 0 Å². The van der Waals surface area contributed by atoms with E-state index in [0.717, 1.165) is 5.56 Å². The highest BCUT2D eigenvalue weighted by Gasteiger charge is 2.13. The molecule has 4 nitrogen and oxygen atoms in total. The van der Waals surface area contributed by atoms with E-state index in [0.29, 0.717) is 4.88 Å². The third-order valence-electron chi connectivity index (χ3n) is 1.45. The summed E-state index contributed by atoms with van der Waals surface area (Å²) in [6, 6.07) is 1.71. The first kappa shape index (κ1) is 12.3. The lowest BCUT2D eigenvalue weighted by molar-refractivity contribution is -0.120. The van der Waals surface area contributed by atoms with Crippen molar-refractivity contribution in [2.24, 2.45) is 0 Å². The topological polar surface area (TPSA) is 58.2 Å². The number of rotatable bonds is 2. The molecule has 0 atom stereocenters. The summed E-state index contributed by atoms with van der Waals surface area (Å²) in [4.78, 5) is 21.6. The molecule has 1 aromatic rings. The summed E-state index contributed by atoms with van der Waals surface area (Å²) in [5, 5.41) is 1.84. The number of carbonyl (C=O) groups excluding carboxylic acids is 2. The van der Waals surface area contributed by atoms with Crippen molar-refractivity contribution >= 4 is 46.4 Å². The van der Waals surface area contributed by atoms with Gasteiger partial charge >= 0.3 is 0 Å². The Labute approximate surface area is 101 Å². The van der Waals surface area contributed by atoms with Gasteiger partial charge in [-0.25, -0.2) is 0 Å². The molecule has 15 heavy (non-hydrogen) atoms. The molecule has 0 aromatic carbocycles. The summed E-state index contributed by atoms with van der Waals surface area (Å²) in [5.41, 5.74) is 5.28. The second kappa shape index (κ2) is 5.34. The van der Waals surface area contributed by atoms with Gasteiger partial charge in [-0.3, -0.25) is 20.4 Å². The summed E-state index contributed by atoms with van der Waals surface area (Å²) in [5.74, 6) is -1.06. The summed E-state index contributed by atoms with van der Waals surface area (Å²) in [7, 11) is 0. The molecule has 0 bridgehead atoms. The van der Waals surface area contributed by atoms with Crippen LogP contribution in [0.2, 0.25) is 0 Å². The largest absolute Gasteiger partial charge is 0.279 e. The standard InChI is InChI=1S/C8H8Cl2N2O2S/c1-4-2-5(15-3-4)7(13)11-12-8(14)6(9)10/h2-3,6H,1H3,(H,11,13)(H,12,14). The normalized spacial score (nSPS) is 10.1. The number of amides is 2. The second-order valence-electron chi connectivity index (χ2n) is 2.73. The van der Waals surface area contributed by atoms with E-state index in [-0.39, 0.29) is 0 Å². The number of thiophene rings is 1. The summed E-state index contributed by atoms with van der Waals surface area (Å²) < 4.78 is 0. The highest BCUT2D eigenvalue weighted by molar-refractivity contribution is 7.12. The maximum Gasteiger partial charge on any atom is 0.279 e. The lowest BCUT2D eigenvalue weighted by Gasteiger charge is -2.05. The lowest BCUT2D eigenvalue weighted by Crippen LogP contribution is -2.43. The van der Waals surface area contributed by atoms with Gasteiger partial charge in [0.25, 0.3) is 11.8 Å². The van der Waals surface area contributed by atoms with Crippen LogP contribution in [0.4, 0.5) is 0 Å². The first-order valence-electron chi connectivity index (χ1n) is 3.94. The number of halogens is 2. The van der Waals surface area contributed by atoms with Gasteiger partial charge in [-0.15, -0.1) is 11.3 Å². The fourth-order valence-electron chi connectivity index (χ4n) is 0.785. The van der Waals surface area contributed by atoms with Crippen LogP contribution in [0.3, 0.4) is 0 Å². The highest BCUT2D eigenvalue weighted by atomic mass is 35.5. The molecule has 2 amide bonds. The molecule has 0 spiro atoms. The maximum absolute atomic E-state index is 11.4. The van der Waals surface area contributed by atoms with Crippen LogP contribution < -0.4 is 10.9 Å². The van der Waals surface area contributed by atoms with Gasteiger partial charge in [0.05, 0.1) is 4.88 Å². The molecule has 82 valence electrons. The SMILES string of the molecule is Cc1csc(C(=O)NNC(=O)C(Cl)Cl)c1. The highest BCUT2D eigenvalue weighted by Crippen LogP contribution is 2.12. The Kier molecular flexibility index (Phi) is 4.38. The zero-order valence-corrected chi connectivity index (χ0v) is 10.0. The van der Waals surface area contributed by atoms with Gasteiger partial charge in [-0.05, 0) is 23.9 Å². The van der Waals surface area contributed by atoms with E-state index in [1.807, 2.05) is 12.3 Å². The second-order valence-corrected chi connectivity index (χ2v) is 4.74. The number of nitrogens with one attached hydrogen (secondary N) is 2. The minimum absolute atomic E-state index is 0.393. The molecule has 1 rings (SSSR count). The van der Waals surface area contributed by atoms with Gasteiger partial charge in [0, 0.05) is 0 Å². The Balaban J connectivity index is 2.47. The van der Waals surface area contributed by atoms with E-state index in [2.05, 4.69) is 10.9 Å². The number of alkyl halides is 2. The molecule has 0 unspecified atom stereocenters. The van der Waals surface area contributed by atoms with E-state index < -0.39 is 16.7 Å². The third-order valence-corrected chi connectivity index (χ3v) is 2.89. The molecule has 0 saturated carbocycles.